The molecule has 1 fully saturated rings. The molecule has 1 heterocycles. The van der Waals surface area contributed by atoms with E-state index in [2.05, 4.69) is 24.0 Å². The van der Waals surface area contributed by atoms with E-state index in [0.717, 1.165) is 25.3 Å². The van der Waals surface area contributed by atoms with E-state index in [9.17, 15) is 5.11 Å². The van der Waals surface area contributed by atoms with Crippen molar-refractivity contribution in [1.82, 2.24) is 4.90 Å². The van der Waals surface area contributed by atoms with Gasteiger partial charge in [-0.25, -0.2) is 0 Å². The molecule has 0 saturated carbocycles. The number of ether oxygens (including phenoxy) is 1. The third kappa shape index (κ3) is 2.79. The zero-order valence-electron chi connectivity index (χ0n) is 10.6. The van der Waals surface area contributed by atoms with Crippen LogP contribution in [0.2, 0.25) is 0 Å². The molecule has 0 bridgehead atoms. The molecule has 1 aliphatic rings. The molecular weight excluding hydrogens is 214 g/mol. The lowest BCUT2D eigenvalue weighted by molar-refractivity contribution is 0.152. The number of aryl methyl sites for hydroxylation is 1. The van der Waals surface area contributed by atoms with Crippen LogP contribution in [0.15, 0.2) is 18.2 Å². The van der Waals surface area contributed by atoms with Crippen LogP contribution in [0.5, 0.6) is 5.75 Å². The van der Waals surface area contributed by atoms with Gasteiger partial charge in [0.05, 0.1) is 13.7 Å². The van der Waals surface area contributed by atoms with E-state index in [1.54, 1.807) is 7.11 Å². The minimum atomic E-state index is 0.258. The third-order valence-corrected chi connectivity index (χ3v) is 3.52. The smallest absolute Gasteiger partial charge is 0.123 e. The first kappa shape index (κ1) is 12.4. The molecule has 1 saturated heterocycles. The van der Waals surface area contributed by atoms with Crippen LogP contribution < -0.4 is 4.74 Å². The zero-order valence-corrected chi connectivity index (χ0v) is 10.6. The van der Waals surface area contributed by atoms with Gasteiger partial charge in [0.1, 0.15) is 5.75 Å². The Kier molecular flexibility index (Phi) is 4.02. The third-order valence-electron chi connectivity index (χ3n) is 3.52. The summed E-state index contributed by atoms with van der Waals surface area (Å²) in [6.45, 7) is 4.29. The second-order valence-electron chi connectivity index (χ2n) is 4.76. The molecule has 1 atom stereocenters. The molecule has 3 heteroatoms. The van der Waals surface area contributed by atoms with E-state index in [4.69, 9.17) is 4.74 Å². The molecule has 1 aromatic carbocycles. The lowest BCUT2D eigenvalue weighted by Crippen LogP contribution is -2.31. The van der Waals surface area contributed by atoms with Gasteiger partial charge in [0.15, 0.2) is 0 Å². The van der Waals surface area contributed by atoms with Gasteiger partial charge in [-0.2, -0.15) is 0 Å². The SMILES string of the molecule is COc1ccc(C)cc1CN1CCC[C@H]1CO. The van der Waals surface area contributed by atoms with Crippen LogP contribution >= 0.6 is 0 Å². The minimum Gasteiger partial charge on any atom is -0.496 e. The fraction of sp³-hybridized carbons (Fsp3) is 0.571. The Bertz CT molecular complexity index is 378. The maximum absolute atomic E-state index is 9.32. The van der Waals surface area contributed by atoms with Crippen molar-refractivity contribution < 1.29 is 9.84 Å². The molecule has 3 nitrogen and oxygen atoms in total. The first-order valence-corrected chi connectivity index (χ1v) is 6.23. The van der Waals surface area contributed by atoms with Crippen LogP contribution in [-0.2, 0) is 6.54 Å². The molecule has 0 amide bonds. The van der Waals surface area contributed by atoms with Crippen molar-refractivity contribution in [3.63, 3.8) is 0 Å². The molecule has 94 valence electrons. The predicted octanol–water partition coefficient (Wildman–Crippen LogP) is 1.96. The maximum Gasteiger partial charge on any atom is 0.123 e. The van der Waals surface area contributed by atoms with Gasteiger partial charge in [-0.15, -0.1) is 0 Å². The number of likely N-dealkylation sites (tertiary alicyclic amines) is 1. The van der Waals surface area contributed by atoms with E-state index in [0.29, 0.717) is 6.04 Å². The van der Waals surface area contributed by atoms with Crippen LogP contribution in [0.4, 0.5) is 0 Å². The Hall–Kier alpha value is -1.06. The topological polar surface area (TPSA) is 32.7 Å². The summed E-state index contributed by atoms with van der Waals surface area (Å²) >= 11 is 0. The second-order valence-corrected chi connectivity index (χ2v) is 4.76. The normalized spacial score (nSPS) is 20.8. The number of hydrogen-bond acceptors (Lipinski definition) is 3. The quantitative estimate of drug-likeness (QED) is 0.866. The lowest BCUT2D eigenvalue weighted by Gasteiger charge is -2.23. The summed E-state index contributed by atoms with van der Waals surface area (Å²) in [6.07, 6.45) is 2.28. The highest BCUT2D eigenvalue weighted by Gasteiger charge is 2.24. The molecule has 1 aliphatic heterocycles. The monoisotopic (exact) mass is 235 g/mol. The van der Waals surface area contributed by atoms with Gasteiger partial charge in [0.25, 0.3) is 0 Å². The summed E-state index contributed by atoms with van der Waals surface area (Å²) in [6, 6.07) is 6.58. The van der Waals surface area contributed by atoms with Crippen LogP contribution in [0.1, 0.15) is 24.0 Å². The van der Waals surface area contributed by atoms with Crippen LogP contribution in [0, 0.1) is 6.92 Å². The van der Waals surface area contributed by atoms with Gasteiger partial charge >= 0.3 is 0 Å². The fourth-order valence-electron chi connectivity index (χ4n) is 2.56. The number of rotatable bonds is 4. The first-order valence-electron chi connectivity index (χ1n) is 6.23. The highest BCUT2D eigenvalue weighted by molar-refractivity contribution is 5.36. The predicted molar refractivity (Wildman–Crippen MR) is 68.2 cm³/mol. The summed E-state index contributed by atoms with van der Waals surface area (Å²) in [5.74, 6) is 0.944. The van der Waals surface area contributed by atoms with Crippen molar-refractivity contribution in [1.29, 1.82) is 0 Å². The molecule has 0 unspecified atom stereocenters. The Labute approximate surface area is 103 Å². The highest BCUT2D eigenvalue weighted by Crippen LogP contribution is 2.25. The van der Waals surface area contributed by atoms with Gasteiger partial charge < -0.3 is 9.84 Å². The standard InChI is InChI=1S/C14H21NO2/c1-11-5-6-14(17-2)12(8-11)9-15-7-3-4-13(15)10-16/h5-6,8,13,16H,3-4,7,9-10H2,1-2H3/t13-/m0/s1. The summed E-state index contributed by atoms with van der Waals surface area (Å²) in [5.41, 5.74) is 2.47. The van der Waals surface area contributed by atoms with E-state index >= 15 is 0 Å². The van der Waals surface area contributed by atoms with Crippen LogP contribution in [0.3, 0.4) is 0 Å². The summed E-state index contributed by atoms with van der Waals surface area (Å²) < 4.78 is 5.39. The number of aliphatic hydroxyl groups is 1. The second kappa shape index (κ2) is 5.52. The average molecular weight is 235 g/mol. The molecule has 1 N–H and O–H groups in total. The zero-order chi connectivity index (χ0) is 12.3. The lowest BCUT2D eigenvalue weighted by atomic mass is 10.1. The van der Waals surface area contributed by atoms with E-state index < -0.39 is 0 Å². The summed E-state index contributed by atoms with van der Waals surface area (Å²) in [5, 5.41) is 9.32. The number of hydrogen-bond donors (Lipinski definition) is 1. The molecular formula is C14H21NO2. The molecule has 2 rings (SSSR count). The maximum atomic E-state index is 9.32. The van der Waals surface area contributed by atoms with Crippen LogP contribution in [0.25, 0.3) is 0 Å². The number of benzene rings is 1. The van der Waals surface area contributed by atoms with Crippen molar-refractivity contribution in [2.24, 2.45) is 0 Å². The molecule has 0 aromatic heterocycles. The Morgan fingerprint density at radius 3 is 3.00 bits per heavy atom. The average Bonchev–Trinajstić information content (AvgIpc) is 2.77. The van der Waals surface area contributed by atoms with E-state index in [1.807, 2.05) is 6.07 Å². The highest BCUT2D eigenvalue weighted by atomic mass is 16.5. The number of nitrogens with zero attached hydrogens (tertiary/aromatic N) is 1. The Balaban J connectivity index is 2.14. The molecule has 0 radical (unpaired) electrons. The Morgan fingerprint density at radius 1 is 1.47 bits per heavy atom. The van der Waals surface area contributed by atoms with Crippen molar-refractivity contribution >= 4 is 0 Å². The van der Waals surface area contributed by atoms with E-state index in [-0.39, 0.29) is 6.61 Å². The molecule has 0 spiro atoms. The van der Waals surface area contributed by atoms with Gasteiger partial charge in [-0.05, 0) is 32.4 Å². The van der Waals surface area contributed by atoms with Crippen LogP contribution in [-0.4, -0.2) is 36.3 Å². The largest absolute Gasteiger partial charge is 0.496 e. The van der Waals surface area contributed by atoms with Crippen molar-refractivity contribution in [3.05, 3.63) is 29.3 Å². The summed E-state index contributed by atoms with van der Waals surface area (Å²) in [4.78, 5) is 2.34. The van der Waals surface area contributed by atoms with Crippen molar-refractivity contribution in [2.75, 3.05) is 20.3 Å². The molecule has 0 aliphatic carbocycles. The van der Waals surface area contributed by atoms with Gasteiger partial charge in [0.2, 0.25) is 0 Å². The van der Waals surface area contributed by atoms with Gasteiger partial charge in [-0.3, -0.25) is 4.90 Å². The molecule has 17 heavy (non-hydrogen) atoms. The minimum absolute atomic E-state index is 0.258. The van der Waals surface area contributed by atoms with Crippen molar-refractivity contribution in [3.8, 4) is 5.75 Å². The van der Waals surface area contributed by atoms with Gasteiger partial charge in [-0.1, -0.05) is 17.7 Å². The Morgan fingerprint density at radius 2 is 2.29 bits per heavy atom. The number of aliphatic hydroxyl groups excluding tert-OH is 1. The van der Waals surface area contributed by atoms with Crippen molar-refractivity contribution in [2.45, 2.75) is 32.4 Å². The van der Waals surface area contributed by atoms with Gasteiger partial charge in [0, 0.05) is 18.2 Å². The summed E-state index contributed by atoms with van der Waals surface area (Å²) in [7, 11) is 1.71. The molecule has 1 aromatic rings. The first-order chi connectivity index (χ1) is 8.24. The van der Waals surface area contributed by atoms with E-state index in [1.165, 1.54) is 17.5 Å². The number of methoxy groups -OCH3 is 1. The fourth-order valence-corrected chi connectivity index (χ4v) is 2.56.